The molecule has 0 aliphatic heterocycles. The normalized spacial score (nSPS) is 10.3. The molecule has 0 amide bonds. The summed E-state index contributed by atoms with van der Waals surface area (Å²) in [5.74, 6) is -0.449. The second-order valence-electron chi connectivity index (χ2n) is 3.35. The molecular weight excluding hydrogens is 254 g/mol. The third-order valence-corrected chi connectivity index (χ3v) is 2.84. The van der Waals surface area contributed by atoms with Crippen molar-refractivity contribution in [2.75, 3.05) is 5.73 Å². The Morgan fingerprint density at radius 2 is 1.39 bits per heavy atom. The Hall–Kier alpha value is -2.05. The van der Waals surface area contributed by atoms with E-state index in [1.54, 1.807) is 0 Å². The van der Waals surface area contributed by atoms with Crippen molar-refractivity contribution in [3.05, 3.63) is 54.6 Å². The van der Waals surface area contributed by atoms with Gasteiger partial charge in [0, 0.05) is 5.69 Å². The molecule has 0 aliphatic rings. The summed E-state index contributed by atoms with van der Waals surface area (Å²) in [7, 11) is -4.28. The van der Waals surface area contributed by atoms with E-state index in [4.69, 9.17) is 15.4 Å². The van der Waals surface area contributed by atoms with Crippen LogP contribution in [0.25, 0.3) is 0 Å². The molecule has 0 spiro atoms. The minimum Gasteiger partial charge on any atom is -0.506 e. The van der Waals surface area contributed by atoms with Crippen molar-refractivity contribution in [3.63, 3.8) is 0 Å². The second-order valence-corrected chi connectivity index (χ2v) is 4.74. The Morgan fingerprint density at radius 3 is 1.72 bits per heavy atom. The van der Waals surface area contributed by atoms with Crippen LogP contribution in [0.4, 0.5) is 5.69 Å². The largest absolute Gasteiger partial charge is 0.506 e. The monoisotopic (exact) mass is 267 g/mol. The van der Waals surface area contributed by atoms with E-state index in [9.17, 15) is 8.42 Å². The summed E-state index contributed by atoms with van der Waals surface area (Å²) in [6.45, 7) is 0. The molecular formula is C12H13NO4S. The molecule has 18 heavy (non-hydrogen) atoms. The van der Waals surface area contributed by atoms with Gasteiger partial charge in [-0.15, -0.1) is 0 Å². The molecule has 0 unspecified atom stereocenters. The molecule has 2 rings (SSSR count). The molecule has 2 aromatic carbocycles. The minimum absolute atomic E-state index is 0.449. The predicted octanol–water partition coefficient (Wildman–Crippen LogP) is 1.91. The molecule has 0 saturated heterocycles. The van der Waals surface area contributed by atoms with E-state index < -0.39 is 20.8 Å². The zero-order valence-corrected chi connectivity index (χ0v) is 10.2. The number of nitrogens with two attached hydrogens (primary N) is 1. The van der Waals surface area contributed by atoms with Crippen molar-refractivity contribution < 1.29 is 18.1 Å². The first-order valence-electron chi connectivity index (χ1n) is 4.97. The van der Waals surface area contributed by atoms with E-state index >= 15 is 0 Å². The number of rotatable bonds is 1. The van der Waals surface area contributed by atoms with Crippen LogP contribution in [0.3, 0.4) is 0 Å². The van der Waals surface area contributed by atoms with Crippen molar-refractivity contribution in [3.8, 4) is 5.75 Å². The topological polar surface area (TPSA) is 101 Å². The first-order valence-corrected chi connectivity index (χ1v) is 6.41. The average molecular weight is 267 g/mol. The Bertz CT molecular complexity index is 596. The van der Waals surface area contributed by atoms with Gasteiger partial charge in [-0.25, -0.2) is 0 Å². The summed E-state index contributed by atoms with van der Waals surface area (Å²) in [5, 5.41) is 8.91. The average Bonchev–Trinajstić information content (AvgIpc) is 2.30. The number of anilines is 1. The van der Waals surface area contributed by atoms with Gasteiger partial charge in [0.05, 0.1) is 0 Å². The standard InChI is InChI=1S/C6H7N.C6H6O4S/c7-6-4-2-1-3-5-6;7-5-3-1-2-4-6(5)11(8,9)10/h1-5H,7H2;1-4,7H,(H,8,9,10). The van der Waals surface area contributed by atoms with Crippen LogP contribution in [0.1, 0.15) is 0 Å². The SMILES string of the molecule is Nc1ccccc1.O=S(=O)(O)c1ccccc1O. The van der Waals surface area contributed by atoms with E-state index in [1.807, 2.05) is 30.3 Å². The van der Waals surface area contributed by atoms with E-state index in [-0.39, 0.29) is 0 Å². The van der Waals surface area contributed by atoms with Crippen LogP contribution in [-0.4, -0.2) is 18.1 Å². The highest BCUT2D eigenvalue weighted by Crippen LogP contribution is 2.20. The van der Waals surface area contributed by atoms with Crippen LogP contribution in [0.5, 0.6) is 5.75 Å². The summed E-state index contributed by atoms with van der Waals surface area (Å²) in [5.41, 5.74) is 6.18. The molecule has 0 atom stereocenters. The molecule has 5 nitrogen and oxygen atoms in total. The Balaban J connectivity index is 0.000000199. The molecule has 0 aliphatic carbocycles. The molecule has 0 aromatic heterocycles. The first kappa shape index (κ1) is 14.0. The van der Waals surface area contributed by atoms with Crippen molar-refractivity contribution >= 4 is 15.8 Å². The summed E-state index contributed by atoms with van der Waals surface area (Å²) in [4.78, 5) is -0.472. The zero-order valence-electron chi connectivity index (χ0n) is 9.39. The van der Waals surface area contributed by atoms with Crippen molar-refractivity contribution in [1.82, 2.24) is 0 Å². The Kier molecular flexibility index (Phi) is 4.70. The van der Waals surface area contributed by atoms with Crippen LogP contribution in [0, 0.1) is 0 Å². The van der Waals surface area contributed by atoms with Crippen LogP contribution in [-0.2, 0) is 10.1 Å². The fourth-order valence-corrected chi connectivity index (χ4v) is 1.71. The van der Waals surface area contributed by atoms with Gasteiger partial charge in [0.1, 0.15) is 10.6 Å². The highest BCUT2D eigenvalue weighted by Gasteiger charge is 2.12. The number of aromatic hydroxyl groups is 1. The number of phenolic OH excluding ortho intramolecular Hbond substituents is 1. The second kappa shape index (κ2) is 6.04. The molecule has 4 N–H and O–H groups in total. The van der Waals surface area contributed by atoms with Crippen LogP contribution in [0.15, 0.2) is 59.5 Å². The van der Waals surface area contributed by atoms with Gasteiger partial charge in [0.2, 0.25) is 0 Å². The fraction of sp³-hybridized carbons (Fsp3) is 0. The van der Waals surface area contributed by atoms with E-state index in [1.165, 1.54) is 18.2 Å². The van der Waals surface area contributed by atoms with Gasteiger partial charge in [-0.1, -0.05) is 30.3 Å². The molecule has 96 valence electrons. The van der Waals surface area contributed by atoms with Crippen molar-refractivity contribution in [2.45, 2.75) is 4.90 Å². The predicted molar refractivity (Wildman–Crippen MR) is 68.8 cm³/mol. The fourth-order valence-electron chi connectivity index (χ4n) is 1.13. The van der Waals surface area contributed by atoms with Crippen LogP contribution in [0.2, 0.25) is 0 Å². The summed E-state index contributed by atoms with van der Waals surface area (Å²) in [6, 6.07) is 14.7. The molecule has 0 heterocycles. The molecule has 0 fully saturated rings. The maximum atomic E-state index is 10.4. The Morgan fingerprint density at radius 1 is 0.889 bits per heavy atom. The smallest absolute Gasteiger partial charge is 0.298 e. The third-order valence-electron chi connectivity index (χ3n) is 1.94. The molecule has 2 aromatic rings. The van der Waals surface area contributed by atoms with Gasteiger partial charge >= 0.3 is 0 Å². The highest BCUT2D eigenvalue weighted by atomic mass is 32.2. The minimum atomic E-state index is -4.28. The van der Waals surface area contributed by atoms with Crippen LogP contribution >= 0.6 is 0 Å². The number of hydrogen-bond donors (Lipinski definition) is 3. The first-order chi connectivity index (χ1) is 8.41. The lowest BCUT2D eigenvalue weighted by Gasteiger charge is -1.97. The van der Waals surface area contributed by atoms with Gasteiger partial charge in [-0.05, 0) is 24.3 Å². The lowest BCUT2D eigenvalue weighted by atomic mass is 10.3. The van der Waals surface area contributed by atoms with E-state index in [0.29, 0.717) is 0 Å². The quantitative estimate of drug-likeness (QED) is 0.541. The number of phenols is 1. The third kappa shape index (κ3) is 4.44. The highest BCUT2D eigenvalue weighted by molar-refractivity contribution is 7.86. The lowest BCUT2D eigenvalue weighted by molar-refractivity contribution is 0.443. The maximum Gasteiger partial charge on any atom is 0.298 e. The number of nitrogen functional groups attached to an aromatic ring is 1. The number of benzene rings is 2. The zero-order chi connectivity index (χ0) is 13.6. The maximum absolute atomic E-state index is 10.4. The Labute approximate surface area is 105 Å². The summed E-state index contributed by atoms with van der Waals surface area (Å²) >= 11 is 0. The molecule has 0 saturated carbocycles. The van der Waals surface area contributed by atoms with Crippen molar-refractivity contribution in [2.24, 2.45) is 0 Å². The van der Waals surface area contributed by atoms with Gasteiger partial charge in [0.15, 0.2) is 0 Å². The molecule has 0 bridgehead atoms. The molecule has 6 heteroatoms. The van der Waals surface area contributed by atoms with Gasteiger partial charge < -0.3 is 10.8 Å². The van der Waals surface area contributed by atoms with Gasteiger partial charge in [-0.2, -0.15) is 8.42 Å². The lowest BCUT2D eigenvalue weighted by Crippen LogP contribution is -1.97. The number of para-hydroxylation sites is 2. The van der Waals surface area contributed by atoms with Crippen molar-refractivity contribution in [1.29, 1.82) is 0 Å². The number of hydrogen-bond acceptors (Lipinski definition) is 4. The summed E-state index contributed by atoms with van der Waals surface area (Å²) < 4.78 is 29.4. The van der Waals surface area contributed by atoms with Gasteiger partial charge in [0.25, 0.3) is 10.1 Å². The van der Waals surface area contributed by atoms with Crippen LogP contribution < -0.4 is 5.73 Å². The molecule has 0 radical (unpaired) electrons. The summed E-state index contributed by atoms with van der Waals surface area (Å²) in [6.07, 6.45) is 0. The van der Waals surface area contributed by atoms with E-state index in [2.05, 4.69) is 0 Å². The van der Waals surface area contributed by atoms with Gasteiger partial charge in [-0.3, -0.25) is 4.55 Å². The van der Waals surface area contributed by atoms with E-state index in [0.717, 1.165) is 11.8 Å².